The lowest BCUT2D eigenvalue weighted by Gasteiger charge is -2.28. The summed E-state index contributed by atoms with van der Waals surface area (Å²) in [6.07, 6.45) is 0.705. The van der Waals surface area contributed by atoms with Gasteiger partial charge in [0.1, 0.15) is 0 Å². The van der Waals surface area contributed by atoms with Crippen molar-refractivity contribution in [2.75, 3.05) is 40.0 Å². The summed E-state index contributed by atoms with van der Waals surface area (Å²) in [5.41, 5.74) is 0. The third kappa shape index (κ3) is 2.79. The number of morpholine rings is 1. The van der Waals surface area contributed by atoms with E-state index in [-0.39, 0.29) is 0 Å². The fourth-order valence-corrected chi connectivity index (χ4v) is 1.19. The van der Waals surface area contributed by atoms with Gasteiger partial charge in [0.15, 0.2) is 0 Å². The Morgan fingerprint density at radius 2 is 2.17 bits per heavy atom. The summed E-state index contributed by atoms with van der Waals surface area (Å²) in [5.74, 6) is 0.667. The number of amidine groups is 1. The molecule has 1 heterocycles. The predicted molar refractivity (Wildman–Crippen MR) is 46.6 cm³/mol. The largest absolute Gasteiger partial charge is 0.384 e. The highest BCUT2D eigenvalue weighted by Gasteiger charge is 2.12. The Morgan fingerprint density at radius 1 is 1.50 bits per heavy atom. The molecule has 1 aliphatic heterocycles. The van der Waals surface area contributed by atoms with Gasteiger partial charge in [-0.25, -0.2) is 0 Å². The van der Waals surface area contributed by atoms with Crippen molar-refractivity contribution < 1.29 is 9.47 Å². The molecular weight excluding hydrogens is 156 g/mol. The number of ether oxygens (including phenoxy) is 2. The van der Waals surface area contributed by atoms with E-state index in [0.717, 1.165) is 26.3 Å². The third-order valence-corrected chi connectivity index (χ3v) is 1.94. The molecule has 0 saturated carbocycles. The fourth-order valence-electron chi connectivity index (χ4n) is 1.19. The van der Waals surface area contributed by atoms with Crippen LogP contribution in [0, 0.1) is 5.41 Å². The van der Waals surface area contributed by atoms with Gasteiger partial charge in [0, 0.05) is 26.6 Å². The van der Waals surface area contributed by atoms with E-state index < -0.39 is 0 Å². The summed E-state index contributed by atoms with van der Waals surface area (Å²) < 4.78 is 10.1. The minimum atomic E-state index is 0.635. The lowest BCUT2D eigenvalue weighted by molar-refractivity contribution is 0.0659. The van der Waals surface area contributed by atoms with Gasteiger partial charge in [0.25, 0.3) is 0 Å². The molecule has 1 N–H and O–H groups in total. The van der Waals surface area contributed by atoms with E-state index >= 15 is 0 Å². The first-order valence-corrected chi connectivity index (χ1v) is 4.23. The Bertz CT molecular complexity index is 144. The first-order valence-electron chi connectivity index (χ1n) is 4.23. The molecule has 0 bridgehead atoms. The van der Waals surface area contributed by atoms with Crippen LogP contribution in [0.25, 0.3) is 0 Å². The van der Waals surface area contributed by atoms with Gasteiger partial charge in [-0.1, -0.05) is 0 Å². The van der Waals surface area contributed by atoms with Gasteiger partial charge >= 0.3 is 0 Å². The van der Waals surface area contributed by atoms with Crippen molar-refractivity contribution in [3.63, 3.8) is 0 Å². The number of hydrogen-bond acceptors (Lipinski definition) is 3. The van der Waals surface area contributed by atoms with Crippen molar-refractivity contribution in [2.24, 2.45) is 0 Å². The normalized spacial score (nSPS) is 17.9. The fraction of sp³-hybridized carbons (Fsp3) is 0.875. The average Bonchev–Trinajstić information content (AvgIpc) is 2.15. The molecule has 0 radical (unpaired) electrons. The monoisotopic (exact) mass is 172 g/mol. The summed E-state index contributed by atoms with van der Waals surface area (Å²) in [5, 5.41) is 7.68. The number of nitrogens with zero attached hydrogens (tertiary/aromatic N) is 1. The molecule has 0 aromatic carbocycles. The molecule has 4 heteroatoms. The zero-order valence-corrected chi connectivity index (χ0v) is 7.51. The number of methoxy groups -OCH3 is 1. The highest BCUT2D eigenvalue weighted by atomic mass is 16.5. The lowest BCUT2D eigenvalue weighted by Crippen LogP contribution is -2.40. The SMILES string of the molecule is COCCC(=N)N1CCOCC1. The molecule has 0 atom stereocenters. The second-order valence-corrected chi connectivity index (χ2v) is 2.79. The van der Waals surface area contributed by atoms with Crippen molar-refractivity contribution in [2.45, 2.75) is 6.42 Å². The number of rotatable bonds is 3. The van der Waals surface area contributed by atoms with Crippen LogP contribution in [-0.2, 0) is 9.47 Å². The Kier molecular flexibility index (Phi) is 4.04. The van der Waals surface area contributed by atoms with E-state index in [1.807, 2.05) is 4.90 Å². The maximum Gasteiger partial charge on any atom is 0.0982 e. The van der Waals surface area contributed by atoms with Crippen LogP contribution in [-0.4, -0.2) is 50.8 Å². The molecule has 0 amide bonds. The molecule has 0 unspecified atom stereocenters. The van der Waals surface area contributed by atoms with E-state index in [9.17, 15) is 0 Å². The van der Waals surface area contributed by atoms with Crippen LogP contribution >= 0.6 is 0 Å². The summed E-state index contributed by atoms with van der Waals surface area (Å²) in [6.45, 7) is 3.83. The van der Waals surface area contributed by atoms with Gasteiger partial charge in [-0.05, 0) is 0 Å². The molecule has 1 saturated heterocycles. The van der Waals surface area contributed by atoms with Crippen LogP contribution in [0.1, 0.15) is 6.42 Å². The molecule has 1 fully saturated rings. The Morgan fingerprint density at radius 3 is 2.75 bits per heavy atom. The van der Waals surface area contributed by atoms with Gasteiger partial charge in [-0.3, -0.25) is 5.41 Å². The molecule has 4 nitrogen and oxygen atoms in total. The van der Waals surface area contributed by atoms with Crippen molar-refractivity contribution in [3.05, 3.63) is 0 Å². The highest BCUT2D eigenvalue weighted by Crippen LogP contribution is 2.00. The Labute approximate surface area is 73.0 Å². The molecule has 1 rings (SSSR count). The summed E-state index contributed by atoms with van der Waals surface area (Å²) in [7, 11) is 1.66. The van der Waals surface area contributed by atoms with E-state index in [1.165, 1.54) is 0 Å². The first-order chi connectivity index (χ1) is 5.84. The topological polar surface area (TPSA) is 45.5 Å². The van der Waals surface area contributed by atoms with Crippen LogP contribution in [0.4, 0.5) is 0 Å². The maximum atomic E-state index is 7.68. The van der Waals surface area contributed by atoms with Gasteiger partial charge in [0.05, 0.1) is 25.7 Å². The van der Waals surface area contributed by atoms with Crippen LogP contribution < -0.4 is 0 Å². The van der Waals surface area contributed by atoms with E-state index in [0.29, 0.717) is 18.9 Å². The van der Waals surface area contributed by atoms with Crippen LogP contribution in [0.5, 0.6) is 0 Å². The second-order valence-electron chi connectivity index (χ2n) is 2.79. The van der Waals surface area contributed by atoms with E-state index in [4.69, 9.17) is 14.9 Å². The first kappa shape index (κ1) is 9.48. The highest BCUT2D eigenvalue weighted by molar-refractivity contribution is 5.79. The van der Waals surface area contributed by atoms with Gasteiger partial charge in [-0.2, -0.15) is 0 Å². The molecule has 1 aliphatic rings. The smallest absolute Gasteiger partial charge is 0.0982 e. The zero-order chi connectivity index (χ0) is 8.81. The molecule has 12 heavy (non-hydrogen) atoms. The maximum absolute atomic E-state index is 7.68. The molecule has 70 valence electrons. The van der Waals surface area contributed by atoms with Crippen LogP contribution in [0.3, 0.4) is 0 Å². The third-order valence-electron chi connectivity index (χ3n) is 1.94. The average molecular weight is 172 g/mol. The van der Waals surface area contributed by atoms with E-state index in [2.05, 4.69) is 0 Å². The van der Waals surface area contributed by atoms with Gasteiger partial charge < -0.3 is 14.4 Å². The summed E-state index contributed by atoms with van der Waals surface area (Å²) >= 11 is 0. The minimum Gasteiger partial charge on any atom is -0.384 e. The minimum absolute atomic E-state index is 0.635. The van der Waals surface area contributed by atoms with Crippen molar-refractivity contribution in [3.8, 4) is 0 Å². The number of nitrogens with one attached hydrogen (secondary N) is 1. The van der Waals surface area contributed by atoms with Crippen molar-refractivity contribution in [1.29, 1.82) is 5.41 Å². The van der Waals surface area contributed by atoms with Crippen molar-refractivity contribution in [1.82, 2.24) is 4.90 Å². The molecule has 0 aromatic rings. The molecule has 0 spiro atoms. The second kappa shape index (κ2) is 5.11. The van der Waals surface area contributed by atoms with Crippen molar-refractivity contribution >= 4 is 5.84 Å². The molecular formula is C8H16N2O2. The molecule has 0 aromatic heterocycles. The number of hydrogen-bond donors (Lipinski definition) is 1. The predicted octanol–water partition coefficient (Wildman–Crippen LogP) is 0.332. The standard InChI is InChI=1S/C8H16N2O2/c1-11-5-2-8(9)10-3-6-12-7-4-10/h9H,2-7H2,1H3. The lowest BCUT2D eigenvalue weighted by atomic mass is 10.3. The Balaban J connectivity index is 2.20. The summed E-state index contributed by atoms with van der Waals surface area (Å²) in [4.78, 5) is 2.04. The Hall–Kier alpha value is -0.610. The molecule has 0 aliphatic carbocycles. The van der Waals surface area contributed by atoms with Gasteiger partial charge in [-0.15, -0.1) is 0 Å². The van der Waals surface area contributed by atoms with E-state index in [1.54, 1.807) is 7.11 Å². The van der Waals surface area contributed by atoms with Crippen LogP contribution in [0.2, 0.25) is 0 Å². The van der Waals surface area contributed by atoms with Crippen LogP contribution in [0.15, 0.2) is 0 Å². The summed E-state index contributed by atoms with van der Waals surface area (Å²) in [6, 6.07) is 0. The quantitative estimate of drug-likeness (QED) is 0.493. The zero-order valence-electron chi connectivity index (χ0n) is 7.51. The van der Waals surface area contributed by atoms with Gasteiger partial charge in [0.2, 0.25) is 0 Å².